The Hall–Kier alpha value is -2.15. The van der Waals surface area contributed by atoms with E-state index in [9.17, 15) is 4.79 Å². The van der Waals surface area contributed by atoms with Gasteiger partial charge in [0, 0.05) is 30.5 Å². The summed E-state index contributed by atoms with van der Waals surface area (Å²) in [6.07, 6.45) is 7.14. The smallest absolute Gasteiger partial charge is 0.254 e. The number of benzene rings is 1. The maximum Gasteiger partial charge on any atom is 0.254 e. The Bertz CT molecular complexity index is 934. The summed E-state index contributed by atoms with van der Waals surface area (Å²) < 4.78 is 1.81. The molecular formula is C22H25ClN4OS. The van der Waals surface area contributed by atoms with Crippen LogP contribution in [0.25, 0.3) is 5.69 Å². The second-order valence-corrected chi connectivity index (χ2v) is 8.67. The number of carbonyl (C=O) groups excluding carboxylic acids is 1. The van der Waals surface area contributed by atoms with Crippen LogP contribution in [-0.4, -0.2) is 39.7 Å². The van der Waals surface area contributed by atoms with E-state index >= 15 is 0 Å². The fourth-order valence-electron chi connectivity index (χ4n) is 4.48. The van der Waals surface area contributed by atoms with Crippen LogP contribution in [0.1, 0.15) is 35.2 Å². The highest BCUT2D eigenvalue weighted by atomic mass is 35.5. The standard InChI is InChI=1S/C22H24N4OS.ClH/c27-21(18-2-4-19(5-3-18)26-12-1-9-24-26)25(15-17-6-13-28-16-17)20-14-22(20)7-10-23-11-8-22;/h1-6,9,12-13,16,20,23H,7-8,10-11,14-15H2;1H. The van der Waals surface area contributed by atoms with Crippen molar-refractivity contribution in [1.29, 1.82) is 0 Å². The van der Waals surface area contributed by atoms with Crippen LogP contribution >= 0.6 is 23.7 Å². The molecule has 3 aromatic rings. The Morgan fingerprint density at radius 3 is 2.69 bits per heavy atom. The van der Waals surface area contributed by atoms with Gasteiger partial charge in [0.1, 0.15) is 0 Å². The SMILES string of the molecule is Cl.O=C(c1ccc(-n2cccn2)cc1)N(Cc1ccsc1)C1CC12CCNCC2. The van der Waals surface area contributed by atoms with Crippen LogP contribution in [-0.2, 0) is 6.54 Å². The number of aromatic nitrogens is 2. The number of nitrogens with zero attached hydrogens (tertiary/aromatic N) is 3. The molecule has 1 saturated carbocycles. The van der Waals surface area contributed by atoms with E-state index in [2.05, 4.69) is 32.1 Å². The molecule has 29 heavy (non-hydrogen) atoms. The van der Waals surface area contributed by atoms with Gasteiger partial charge in [0.15, 0.2) is 0 Å². The summed E-state index contributed by atoms with van der Waals surface area (Å²) in [6.45, 7) is 2.83. The number of piperidine rings is 1. The zero-order valence-electron chi connectivity index (χ0n) is 16.2. The molecule has 7 heteroatoms. The molecule has 1 saturated heterocycles. The Labute approximate surface area is 181 Å². The molecule has 1 unspecified atom stereocenters. The minimum Gasteiger partial charge on any atom is -0.331 e. The van der Waals surface area contributed by atoms with Crippen molar-refractivity contribution in [3.8, 4) is 5.69 Å². The highest BCUT2D eigenvalue weighted by molar-refractivity contribution is 7.07. The van der Waals surface area contributed by atoms with E-state index in [1.807, 2.05) is 41.2 Å². The first-order valence-corrected chi connectivity index (χ1v) is 10.8. The van der Waals surface area contributed by atoms with Crippen molar-refractivity contribution < 1.29 is 4.79 Å². The third-order valence-electron chi connectivity index (χ3n) is 6.20. The highest BCUT2D eigenvalue weighted by Gasteiger charge is 2.57. The lowest BCUT2D eigenvalue weighted by molar-refractivity contribution is 0.0692. The summed E-state index contributed by atoms with van der Waals surface area (Å²) >= 11 is 1.69. The predicted octanol–water partition coefficient (Wildman–Crippen LogP) is 4.14. The number of hydrogen-bond acceptors (Lipinski definition) is 4. The molecule has 1 aliphatic carbocycles. The number of nitrogens with one attached hydrogen (secondary N) is 1. The Morgan fingerprint density at radius 1 is 1.24 bits per heavy atom. The Kier molecular flexibility index (Phi) is 5.76. The van der Waals surface area contributed by atoms with Gasteiger partial charge in [-0.25, -0.2) is 4.68 Å². The molecule has 0 bridgehead atoms. The van der Waals surface area contributed by atoms with Crippen LogP contribution in [0.15, 0.2) is 59.6 Å². The minimum atomic E-state index is 0. The third-order valence-corrected chi connectivity index (χ3v) is 6.93. The molecule has 0 radical (unpaired) electrons. The molecule has 5 nitrogen and oxygen atoms in total. The van der Waals surface area contributed by atoms with Gasteiger partial charge < -0.3 is 10.2 Å². The highest BCUT2D eigenvalue weighted by Crippen LogP contribution is 2.56. The Morgan fingerprint density at radius 2 is 2.03 bits per heavy atom. The largest absolute Gasteiger partial charge is 0.331 e. The van der Waals surface area contributed by atoms with Gasteiger partial charge in [-0.1, -0.05) is 0 Å². The summed E-state index contributed by atoms with van der Waals surface area (Å²) in [7, 11) is 0. The fraction of sp³-hybridized carbons (Fsp3) is 0.364. The van der Waals surface area contributed by atoms with Crippen LogP contribution in [0.5, 0.6) is 0 Å². The summed E-state index contributed by atoms with van der Waals surface area (Å²) in [4.78, 5) is 15.6. The zero-order valence-corrected chi connectivity index (χ0v) is 17.8. The van der Waals surface area contributed by atoms with E-state index in [4.69, 9.17) is 0 Å². The van der Waals surface area contributed by atoms with Gasteiger partial charge in [0.2, 0.25) is 0 Å². The maximum absolute atomic E-state index is 13.5. The topological polar surface area (TPSA) is 50.2 Å². The van der Waals surface area contributed by atoms with Crippen LogP contribution < -0.4 is 5.32 Å². The molecule has 2 fully saturated rings. The molecule has 1 N–H and O–H groups in total. The first-order valence-electron chi connectivity index (χ1n) is 9.88. The van der Waals surface area contributed by atoms with Gasteiger partial charge in [0.25, 0.3) is 5.91 Å². The van der Waals surface area contributed by atoms with E-state index in [0.717, 1.165) is 30.8 Å². The van der Waals surface area contributed by atoms with Gasteiger partial charge in [-0.2, -0.15) is 16.4 Å². The van der Waals surface area contributed by atoms with Crippen molar-refractivity contribution in [3.63, 3.8) is 0 Å². The van der Waals surface area contributed by atoms with Gasteiger partial charge >= 0.3 is 0 Å². The molecule has 1 aromatic carbocycles. The summed E-state index contributed by atoms with van der Waals surface area (Å²) in [5.74, 6) is 0.138. The molecule has 1 amide bonds. The van der Waals surface area contributed by atoms with E-state index in [1.165, 1.54) is 18.4 Å². The maximum atomic E-state index is 13.5. The monoisotopic (exact) mass is 428 g/mol. The number of thiophene rings is 1. The summed E-state index contributed by atoms with van der Waals surface area (Å²) in [5, 5.41) is 12.0. The van der Waals surface area contributed by atoms with Crippen LogP contribution in [0.4, 0.5) is 0 Å². The molecule has 5 rings (SSSR count). The lowest BCUT2D eigenvalue weighted by atomic mass is 9.93. The molecule has 1 aliphatic heterocycles. The van der Waals surface area contributed by atoms with Crippen LogP contribution in [0.2, 0.25) is 0 Å². The number of halogens is 1. The van der Waals surface area contributed by atoms with Gasteiger partial charge in [-0.05, 0) is 90.5 Å². The predicted molar refractivity (Wildman–Crippen MR) is 118 cm³/mol. The summed E-state index contributed by atoms with van der Waals surface area (Å²) in [6, 6.07) is 12.2. The first kappa shape index (κ1) is 20.1. The van der Waals surface area contributed by atoms with Crippen molar-refractivity contribution in [2.24, 2.45) is 5.41 Å². The molecule has 152 valence electrons. The van der Waals surface area contributed by atoms with Crippen molar-refractivity contribution in [1.82, 2.24) is 20.0 Å². The van der Waals surface area contributed by atoms with Gasteiger partial charge in [-0.3, -0.25) is 4.79 Å². The quantitative estimate of drug-likeness (QED) is 0.664. The molecule has 3 heterocycles. The fourth-order valence-corrected chi connectivity index (χ4v) is 5.14. The van der Waals surface area contributed by atoms with E-state index in [-0.39, 0.29) is 18.3 Å². The van der Waals surface area contributed by atoms with Crippen molar-refractivity contribution in [2.45, 2.75) is 31.8 Å². The Balaban J connectivity index is 0.00000205. The first-order chi connectivity index (χ1) is 13.8. The molecule has 2 aliphatic rings. The van der Waals surface area contributed by atoms with Crippen LogP contribution in [0, 0.1) is 5.41 Å². The molecule has 2 aromatic heterocycles. The second kappa shape index (κ2) is 8.30. The average molecular weight is 429 g/mol. The van der Waals surface area contributed by atoms with E-state index in [1.54, 1.807) is 17.5 Å². The number of hydrogen-bond donors (Lipinski definition) is 1. The third kappa shape index (κ3) is 3.97. The van der Waals surface area contributed by atoms with Crippen LogP contribution in [0.3, 0.4) is 0 Å². The number of rotatable bonds is 5. The zero-order chi connectivity index (χ0) is 19.0. The van der Waals surface area contributed by atoms with E-state index < -0.39 is 0 Å². The van der Waals surface area contributed by atoms with Gasteiger partial charge in [0.05, 0.1) is 5.69 Å². The van der Waals surface area contributed by atoms with Crippen molar-refractivity contribution >= 4 is 29.7 Å². The molecular weight excluding hydrogens is 404 g/mol. The lowest BCUT2D eigenvalue weighted by Gasteiger charge is -2.29. The molecule has 1 spiro atoms. The normalized spacial score (nSPS) is 19.5. The van der Waals surface area contributed by atoms with Gasteiger partial charge in [-0.15, -0.1) is 12.4 Å². The van der Waals surface area contributed by atoms with E-state index in [0.29, 0.717) is 18.0 Å². The van der Waals surface area contributed by atoms with Crippen molar-refractivity contribution in [3.05, 3.63) is 70.7 Å². The number of amides is 1. The second-order valence-electron chi connectivity index (χ2n) is 7.89. The summed E-state index contributed by atoms with van der Waals surface area (Å²) in [5.41, 5.74) is 3.27. The molecule has 1 atom stereocenters. The lowest BCUT2D eigenvalue weighted by Crippen LogP contribution is -2.39. The number of carbonyl (C=O) groups is 1. The average Bonchev–Trinajstić information content (AvgIpc) is 3.18. The van der Waals surface area contributed by atoms with Crippen molar-refractivity contribution in [2.75, 3.05) is 13.1 Å². The minimum absolute atomic E-state index is 0.